The zero-order valence-electron chi connectivity index (χ0n) is 15.9. The standard InChI is InChI=1S/C19H20N4O4S2/c1-3-26-14-6-5-12(9-15(14)27-4-2)17(25)20-10-16(24)21-19-23-22-18(29-19)13-7-8-28-11-13/h5-9,11H,3-4,10H2,1-2H3,(H,20,25)(H,21,23,24). The Hall–Kier alpha value is -2.98. The van der Waals surface area contributed by atoms with Crippen molar-refractivity contribution < 1.29 is 19.1 Å². The number of hydrogen-bond donors (Lipinski definition) is 2. The van der Waals surface area contributed by atoms with Crippen LogP contribution in [0.3, 0.4) is 0 Å². The number of rotatable bonds is 9. The molecule has 10 heteroatoms. The van der Waals surface area contributed by atoms with Gasteiger partial charge in [-0.1, -0.05) is 11.3 Å². The number of amides is 2. The Bertz CT molecular complexity index is 973. The molecule has 0 spiro atoms. The van der Waals surface area contributed by atoms with Gasteiger partial charge in [-0.05, 0) is 43.5 Å². The molecule has 3 rings (SSSR count). The number of hydrogen-bond acceptors (Lipinski definition) is 8. The summed E-state index contributed by atoms with van der Waals surface area (Å²) < 4.78 is 11.0. The average molecular weight is 433 g/mol. The van der Waals surface area contributed by atoms with E-state index in [1.54, 1.807) is 29.5 Å². The minimum absolute atomic E-state index is 0.191. The molecule has 0 fully saturated rings. The molecular weight excluding hydrogens is 412 g/mol. The van der Waals surface area contributed by atoms with E-state index in [1.807, 2.05) is 30.7 Å². The molecule has 2 amide bonds. The number of thiophene rings is 1. The summed E-state index contributed by atoms with van der Waals surface area (Å²) in [6, 6.07) is 6.83. The molecule has 0 aliphatic heterocycles. The van der Waals surface area contributed by atoms with Crippen molar-refractivity contribution in [3.8, 4) is 22.1 Å². The lowest BCUT2D eigenvalue weighted by Crippen LogP contribution is -2.32. The number of benzene rings is 1. The summed E-state index contributed by atoms with van der Waals surface area (Å²) >= 11 is 2.83. The van der Waals surface area contributed by atoms with E-state index in [9.17, 15) is 9.59 Å². The molecule has 0 unspecified atom stereocenters. The van der Waals surface area contributed by atoms with Crippen molar-refractivity contribution in [2.75, 3.05) is 25.1 Å². The second-order valence-corrected chi connectivity index (χ2v) is 7.44. The van der Waals surface area contributed by atoms with Crippen LogP contribution in [0.1, 0.15) is 24.2 Å². The molecule has 2 N–H and O–H groups in total. The van der Waals surface area contributed by atoms with Gasteiger partial charge in [-0.3, -0.25) is 14.9 Å². The average Bonchev–Trinajstić information content (AvgIpc) is 3.39. The Kier molecular flexibility index (Phi) is 7.14. The lowest BCUT2D eigenvalue weighted by atomic mass is 10.2. The van der Waals surface area contributed by atoms with Crippen molar-refractivity contribution in [2.24, 2.45) is 0 Å². The highest BCUT2D eigenvalue weighted by Crippen LogP contribution is 2.29. The first kappa shape index (κ1) is 20.7. The highest BCUT2D eigenvalue weighted by atomic mass is 32.1. The Balaban J connectivity index is 1.56. The maximum Gasteiger partial charge on any atom is 0.251 e. The van der Waals surface area contributed by atoms with Crippen LogP contribution >= 0.6 is 22.7 Å². The first-order valence-corrected chi connectivity index (χ1v) is 10.7. The largest absolute Gasteiger partial charge is 0.490 e. The number of nitrogens with zero attached hydrogens (tertiary/aromatic N) is 2. The molecule has 3 aromatic rings. The monoisotopic (exact) mass is 432 g/mol. The van der Waals surface area contributed by atoms with Gasteiger partial charge < -0.3 is 14.8 Å². The molecule has 2 aromatic heterocycles. The second-order valence-electron chi connectivity index (χ2n) is 5.68. The van der Waals surface area contributed by atoms with Crippen LogP contribution in [0.25, 0.3) is 10.6 Å². The van der Waals surface area contributed by atoms with Gasteiger partial charge in [0, 0.05) is 16.5 Å². The zero-order chi connectivity index (χ0) is 20.6. The molecule has 152 valence electrons. The van der Waals surface area contributed by atoms with Crippen LogP contribution in [0.5, 0.6) is 11.5 Å². The van der Waals surface area contributed by atoms with Crippen molar-refractivity contribution >= 4 is 39.6 Å². The Morgan fingerprint density at radius 3 is 2.59 bits per heavy atom. The van der Waals surface area contributed by atoms with Crippen LogP contribution in [0.15, 0.2) is 35.0 Å². The summed E-state index contributed by atoms with van der Waals surface area (Å²) in [6.45, 7) is 4.47. The van der Waals surface area contributed by atoms with Gasteiger partial charge in [0.15, 0.2) is 11.5 Å². The van der Waals surface area contributed by atoms with Gasteiger partial charge in [0.05, 0.1) is 19.8 Å². The summed E-state index contributed by atoms with van der Waals surface area (Å²) in [7, 11) is 0. The first-order valence-electron chi connectivity index (χ1n) is 8.94. The zero-order valence-corrected chi connectivity index (χ0v) is 17.6. The molecule has 0 saturated carbocycles. The summed E-state index contributed by atoms with van der Waals surface area (Å²) in [4.78, 5) is 24.5. The fourth-order valence-corrected chi connectivity index (χ4v) is 3.87. The van der Waals surface area contributed by atoms with Gasteiger partial charge >= 0.3 is 0 Å². The summed E-state index contributed by atoms with van der Waals surface area (Å²) in [5, 5.41) is 18.2. The fraction of sp³-hybridized carbons (Fsp3) is 0.263. The van der Waals surface area contributed by atoms with E-state index < -0.39 is 0 Å². The highest BCUT2D eigenvalue weighted by molar-refractivity contribution is 7.19. The molecule has 1 aromatic carbocycles. The number of carbonyl (C=O) groups is 2. The topological polar surface area (TPSA) is 102 Å². The fourth-order valence-electron chi connectivity index (χ4n) is 2.39. The van der Waals surface area contributed by atoms with E-state index in [4.69, 9.17) is 9.47 Å². The van der Waals surface area contributed by atoms with E-state index in [0.717, 1.165) is 10.6 Å². The van der Waals surface area contributed by atoms with E-state index >= 15 is 0 Å². The molecule has 0 aliphatic rings. The van der Waals surface area contributed by atoms with E-state index in [1.165, 1.54) is 11.3 Å². The van der Waals surface area contributed by atoms with Crippen LogP contribution in [-0.2, 0) is 4.79 Å². The van der Waals surface area contributed by atoms with Crippen molar-refractivity contribution in [2.45, 2.75) is 13.8 Å². The molecule has 8 nitrogen and oxygen atoms in total. The van der Waals surface area contributed by atoms with Gasteiger partial charge in [-0.25, -0.2) is 0 Å². The Labute approximate surface area is 175 Å². The number of anilines is 1. The summed E-state index contributed by atoms with van der Waals surface area (Å²) in [6.07, 6.45) is 0. The smallest absolute Gasteiger partial charge is 0.251 e. The molecule has 0 radical (unpaired) electrons. The van der Waals surface area contributed by atoms with Gasteiger partial charge in [0.25, 0.3) is 5.91 Å². The van der Waals surface area contributed by atoms with Crippen LogP contribution in [-0.4, -0.2) is 41.8 Å². The van der Waals surface area contributed by atoms with Gasteiger partial charge in [0.2, 0.25) is 11.0 Å². The maximum atomic E-state index is 12.4. The molecule has 0 atom stereocenters. The third-order valence-electron chi connectivity index (χ3n) is 3.65. The third kappa shape index (κ3) is 5.52. The molecule has 0 aliphatic carbocycles. The maximum absolute atomic E-state index is 12.4. The quantitative estimate of drug-likeness (QED) is 0.537. The minimum Gasteiger partial charge on any atom is -0.490 e. The van der Waals surface area contributed by atoms with E-state index in [-0.39, 0.29) is 18.4 Å². The number of ether oxygens (including phenoxy) is 2. The molecular formula is C19H20N4O4S2. The highest BCUT2D eigenvalue weighted by Gasteiger charge is 2.14. The van der Waals surface area contributed by atoms with Crippen LogP contribution in [0.4, 0.5) is 5.13 Å². The Morgan fingerprint density at radius 2 is 1.86 bits per heavy atom. The number of aromatic nitrogens is 2. The predicted molar refractivity (Wildman–Crippen MR) is 113 cm³/mol. The summed E-state index contributed by atoms with van der Waals surface area (Å²) in [5.74, 6) is 0.283. The van der Waals surface area contributed by atoms with Crippen LogP contribution in [0, 0.1) is 0 Å². The van der Waals surface area contributed by atoms with Gasteiger partial charge in [-0.15, -0.1) is 10.2 Å². The molecule has 29 heavy (non-hydrogen) atoms. The SMILES string of the molecule is CCOc1ccc(C(=O)NCC(=O)Nc2nnc(-c3ccsc3)s2)cc1OCC. The van der Waals surface area contributed by atoms with Crippen molar-refractivity contribution in [1.29, 1.82) is 0 Å². The predicted octanol–water partition coefficient (Wildman–Crippen LogP) is 3.43. The first-order chi connectivity index (χ1) is 14.1. The van der Waals surface area contributed by atoms with Crippen molar-refractivity contribution in [1.82, 2.24) is 15.5 Å². The lowest BCUT2D eigenvalue weighted by Gasteiger charge is -2.12. The van der Waals surface area contributed by atoms with Crippen molar-refractivity contribution in [3.63, 3.8) is 0 Å². The number of carbonyl (C=O) groups excluding carboxylic acids is 2. The minimum atomic E-state index is -0.389. The second kappa shape index (κ2) is 9.99. The van der Waals surface area contributed by atoms with Gasteiger partial charge in [0.1, 0.15) is 5.01 Å². The van der Waals surface area contributed by atoms with Crippen LogP contribution in [0.2, 0.25) is 0 Å². The summed E-state index contributed by atoms with van der Waals surface area (Å²) in [5.41, 5.74) is 1.34. The van der Waals surface area contributed by atoms with E-state index in [0.29, 0.717) is 35.4 Å². The number of nitrogens with one attached hydrogen (secondary N) is 2. The van der Waals surface area contributed by atoms with E-state index in [2.05, 4.69) is 20.8 Å². The molecule has 2 heterocycles. The van der Waals surface area contributed by atoms with Gasteiger partial charge in [-0.2, -0.15) is 11.3 Å². The van der Waals surface area contributed by atoms with Crippen LogP contribution < -0.4 is 20.1 Å². The normalized spacial score (nSPS) is 10.4. The molecule has 0 saturated heterocycles. The van der Waals surface area contributed by atoms with Crippen molar-refractivity contribution in [3.05, 3.63) is 40.6 Å². The lowest BCUT2D eigenvalue weighted by molar-refractivity contribution is -0.115. The Morgan fingerprint density at radius 1 is 1.07 bits per heavy atom. The molecule has 0 bridgehead atoms. The third-order valence-corrected chi connectivity index (χ3v) is 5.23.